The Balaban J connectivity index is 1.48. The number of nitrogens with zero attached hydrogens (tertiary/aromatic N) is 2. The Morgan fingerprint density at radius 2 is 1.86 bits per heavy atom. The maximum Gasteiger partial charge on any atom is 0.234 e. The van der Waals surface area contributed by atoms with E-state index in [1.165, 1.54) is 17.3 Å². The topological polar surface area (TPSA) is 79.9 Å². The molecular formula is C21H24N4O2S. The fourth-order valence-corrected chi connectivity index (χ4v) is 3.31. The highest BCUT2D eigenvalue weighted by atomic mass is 32.2. The summed E-state index contributed by atoms with van der Waals surface area (Å²) in [5, 5.41) is 10.5. The lowest BCUT2D eigenvalue weighted by Crippen LogP contribution is -2.15. The summed E-state index contributed by atoms with van der Waals surface area (Å²) in [6, 6.07) is 13.9. The zero-order chi connectivity index (χ0) is 19.9. The third-order valence-electron chi connectivity index (χ3n) is 4.30. The second-order valence-electron chi connectivity index (χ2n) is 6.45. The Labute approximate surface area is 169 Å². The van der Waals surface area contributed by atoms with Gasteiger partial charge in [0.2, 0.25) is 11.1 Å². The molecule has 0 radical (unpaired) electrons. The number of carbonyl (C=O) groups excluding carboxylic acids is 1. The van der Waals surface area contributed by atoms with Gasteiger partial charge in [0.05, 0.1) is 5.75 Å². The minimum atomic E-state index is -0.0824. The second kappa shape index (κ2) is 9.41. The van der Waals surface area contributed by atoms with E-state index in [4.69, 9.17) is 4.74 Å². The standard InChI is InChI=1S/C21H24N4O2S/c1-4-16-8-10-17(11-9-16)27-12-18-22-21(25-24-18)28-13-19(26)23-20-14(2)6-5-7-15(20)3/h5-11H,4,12-13H2,1-3H3,(H,23,26)(H,22,24,25). The Morgan fingerprint density at radius 1 is 1.14 bits per heavy atom. The number of thioether (sulfide) groups is 1. The number of nitrogens with one attached hydrogen (secondary N) is 2. The van der Waals surface area contributed by atoms with Crippen LogP contribution in [0.4, 0.5) is 5.69 Å². The smallest absolute Gasteiger partial charge is 0.234 e. The molecule has 2 N–H and O–H groups in total. The molecule has 0 unspecified atom stereocenters. The Morgan fingerprint density at radius 3 is 2.54 bits per heavy atom. The predicted octanol–water partition coefficient (Wildman–Crippen LogP) is 4.29. The molecular weight excluding hydrogens is 372 g/mol. The van der Waals surface area contributed by atoms with E-state index in [1.54, 1.807) is 0 Å². The van der Waals surface area contributed by atoms with Crippen LogP contribution in [0.5, 0.6) is 5.75 Å². The van der Waals surface area contributed by atoms with E-state index in [0.29, 0.717) is 17.6 Å². The first-order valence-electron chi connectivity index (χ1n) is 9.17. The number of hydrogen-bond acceptors (Lipinski definition) is 5. The van der Waals surface area contributed by atoms with Gasteiger partial charge in [0.1, 0.15) is 12.4 Å². The van der Waals surface area contributed by atoms with E-state index in [0.717, 1.165) is 29.0 Å². The number of aryl methyl sites for hydroxylation is 3. The molecule has 3 aromatic rings. The van der Waals surface area contributed by atoms with Crippen LogP contribution in [0.15, 0.2) is 47.6 Å². The van der Waals surface area contributed by atoms with Gasteiger partial charge >= 0.3 is 0 Å². The monoisotopic (exact) mass is 396 g/mol. The van der Waals surface area contributed by atoms with Gasteiger partial charge in [0, 0.05) is 5.69 Å². The molecule has 1 amide bonds. The maximum absolute atomic E-state index is 12.2. The lowest BCUT2D eigenvalue weighted by Gasteiger charge is -2.10. The second-order valence-corrected chi connectivity index (χ2v) is 7.40. The molecule has 2 aromatic carbocycles. The fraction of sp³-hybridized carbons (Fsp3) is 0.286. The van der Waals surface area contributed by atoms with Crippen molar-refractivity contribution in [2.45, 2.75) is 39.0 Å². The maximum atomic E-state index is 12.2. The largest absolute Gasteiger partial charge is 0.486 e. The summed E-state index contributed by atoms with van der Waals surface area (Å²) in [4.78, 5) is 16.6. The van der Waals surface area contributed by atoms with E-state index in [2.05, 4.69) is 27.4 Å². The third kappa shape index (κ3) is 5.36. The minimum Gasteiger partial charge on any atom is -0.486 e. The predicted molar refractivity (Wildman–Crippen MR) is 112 cm³/mol. The molecule has 0 spiro atoms. The zero-order valence-corrected chi connectivity index (χ0v) is 17.1. The van der Waals surface area contributed by atoms with Crippen LogP contribution in [0.2, 0.25) is 0 Å². The quantitative estimate of drug-likeness (QED) is 0.555. The molecule has 3 rings (SSSR count). The highest BCUT2D eigenvalue weighted by molar-refractivity contribution is 7.99. The van der Waals surface area contributed by atoms with Crippen molar-refractivity contribution in [2.75, 3.05) is 11.1 Å². The molecule has 28 heavy (non-hydrogen) atoms. The van der Waals surface area contributed by atoms with Gasteiger partial charge < -0.3 is 10.1 Å². The Bertz CT molecular complexity index is 918. The highest BCUT2D eigenvalue weighted by Crippen LogP contribution is 2.21. The third-order valence-corrected chi connectivity index (χ3v) is 5.14. The molecule has 0 bridgehead atoms. The van der Waals surface area contributed by atoms with Crippen LogP contribution in [0.25, 0.3) is 0 Å². The van der Waals surface area contributed by atoms with Crippen LogP contribution in [0, 0.1) is 13.8 Å². The Hall–Kier alpha value is -2.80. The van der Waals surface area contributed by atoms with Gasteiger partial charge in [0.15, 0.2) is 5.82 Å². The summed E-state index contributed by atoms with van der Waals surface area (Å²) in [6.45, 7) is 6.37. The summed E-state index contributed by atoms with van der Waals surface area (Å²) in [7, 11) is 0. The van der Waals surface area contributed by atoms with Gasteiger partial charge in [-0.2, -0.15) is 0 Å². The van der Waals surface area contributed by atoms with Crippen molar-refractivity contribution in [3.05, 3.63) is 65.0 Å². The van der Waals surface area contributed by atoms with Gasteiger partial charge in [0.25, 0.3) is 0 Å². The lowest BCUT2D eigenvalue weighted by molar-refractivity contribution is -0.113. The number of benzene rings is 2. The van der Waals surface area contributed by atoms with Gasteiger partial charge in [-0.1, -0.05) is 49.0 Å². The number of aromatic amines is 1. The van der Waals surface area contributed by atoms with Gasteiger partial charge in [-0.3, -0.25) is 9.89 Å². The molecule has 0 aliphatic heterocycles. The van der Waals surface area contributed by atoms with Crippen LogP contribution in [0.1, 0.15) is 29.4 Å². The van der Waals surface area contributed by atoms with Crippen LogP contribution >= 0.6 is 11.8 Å². The molecule has 146 valence electrons. The molecule has 0 saturated heterocycles. The zero-order valence-electron chi connectivity index (χ0n) is 16.3. The van der Waals surface area contributed by atoms with Crippen LogP contribution in [0.3, 0.4) is 0 Å². The molecule has 1 heterocycles. The van der Waals surface area contributed by atoms with E-state index in [9.17, 15) is 4.79 Å². The molecule has 0 saturated carbocycles. The average Bonchev–Trinajstić information content (AvgIpc) is 3.16. The van der Waals surface area contributed by atoms with E-state index < -0.39 is 0 Å². The average molecular weight is 397 g/mol. The first-order valence-corrected chi connectivity index (χ1v) is 10.2. The van der Waals surface area contributed by atoms with Crippen molar-refractivity contribution in [1.82, 2.24) is 15.2 Å². The number of ether oxygens (including phenoxy) is 1. The minimum absolute atomic E-state index is 0.0824. The number of rotatable bonds is 8. The molecule has 0 atom stereocenters. The van der Waals surface area contributed by atoms with Gasteiger partial charge in [-0.05, 0) is 49.1 Å². The summed E-state index contributed by atoms with van der Waals surface area (Å²) in [5.74, 6) is 1.57. The summed E-state index contributed by atoms with van der Waals surface area (Å²) in [5.41, 5.74) is 4.22. The van der Waals surface area contributed by atoms with Crippen molar-refractivity contribution in [3.63, 3.8) is 0 Å². The molecule has 0 fully saturated rings. The van der Waals surface area contributed by atoms with E-state index in [-0.39, 0.29) is 11.7 Å². The van der Waals surface area contributed by atoms with Gasteiger partial charge in [-0.25, -0.2) is 4.98 Å². The van der Waals surface area contributed by atoms with E-state index >= 15 is 0 Å². The van der Waals surface area contributed by atoms with Gasteiger partial charge in [-0.15, -0.1) is 5.10 Å². The molecule has 0 aliphatic carbocycles. The SMILES string of the molecule is CCc1ccc(OCc2nc(SCC(=O)Nc3c(C)cccc3C)n[nH]2)cc1. The van der Waals surface area contributed by atoms with Crippen LogP contribution in [-0.2, 0) is 17.8 Å². The summed E-state index contributed by atoms with van der Waals surface area (Å²) >= 11 is 1.29. The number of anilines is 1. The molecule has 1 aromatic heterocycles. The summed E-state index contributed by atoms with van der Waals surface area (Å²) < 4.78 is 5.71. The van der Waals surface area contributed by atoms with Crippen LogP contribution in [-0.4, -0.2) is 26.8 Å². The van der Waals surface area contributed by atoms with Crippen molar-refractivity contribution in [3.8, 4) is 5.75 Å². The lowest BCUT2D eigenvalue weighted by atomic mass is 10.1. The number of hydrogen-bond donors (Lipinski definition) is 2. The highest BCUT2D eigenvalue weighted by Gasteiger charge is 2.10. The Kier molecular flexibility index (Phi) is 6.71. The van der Waals surface area contributed by atoms with Crippen molar-refractivity contribution in [2.24, 2.45) is 0 Å². The fourth-order valence-electron chi connectivity index (χ4n) is 2.70. The normalized spacial score (nSPS) is 10.7. The van der Waals surface area contributed by atoms with Crippen LogP contribution < -0.4 is 10.1 Å². The summed E-state index contributed by atoms with van der Waals surface area (Å²) in [6.07, 6.45) is 1.000. The van der Waals surface area contributed by atoms with Crippen molar-refractivity contribution >= 4 is 23.4 Å². The number of para-hydroxylation sites is 1. The number of H-pyrrole nitrogens is 1. The van der Waals surface area contributed by atoms with E-state index in [1.807, 2.05) is 56.3 Å². The van der Waals surface area contributed by atoms with Crippen molar-refractivity contribution in [1.29, 1.82) is 0 Å². The first-order chi connectivity index (χ1) is 13.5. The molecule has 0 aliphatic rings. The molecule has 7 heteroatoms. The molecule has 6 nitrogen and oxygen atoms in total. The first kappa shape index (κ1) is 19.9. The number of aromatic nitrogens is 3. The van der Waals surface area contributed by atoms with Crippen molar-refractivity contribution < 1.29 is 9.53 Å². The number of carbonyl (C=O) groups is 1. The number of amides is 1.